The second kappa shape index (κ2) is 3.73. The van der Waals surface area contributed by atoms with E-state index in [2.05, 4.69) is 4.74 Å². The number of hydrogen-bond donors (Lipinski definition) is 2. The van der Waals surface area contributed by atoms with Gasteiger partial charge in [0.05, 0.1) is 0 Å². The van der Waals surface area contributed by atoms with Crippen LogP contribution >= 0.6 is 0 Å². The molecule has 1 heterocycles. The molecule has 0 aliphatic heterocycles. The maximum atomic E-state index is 11.1. The molecule has 0 amide bonds. The van der Waals surface area contributed by atoms with E-state index >= 15 is 0 Å². The van der Waals surface area contributed by atoms with Crippen LogP contribution in [0.5, 0.6) is 5.75 Å². The quantitative estimate of drug-likeness (QED) is 0.650. The first-order valence-corrected chi connectivity index (χ1v) is 3.65. The second-order valence-corrected chi connectivity index (χ2v) is 2.46. The lowest BCUT2D eigenvalue weighted by atomic mass is 10.3. The van der Waals surface area contributed by atoms with Gasteiger partial charge in [-0.3, -0.25) is 9.59 Å². The van der Waals surface area contributed by atoms with E-state index in [4.69, 9.17) is 5.11 Å². The van der Waals surface area contributed by atoms with Crippen molar-refractivity contribution in [1.29, 1.82) is 0 Å². The van der Waals surface area contributed by atoms with Gasteiger partial charge in [-0.25, -0.2) is 4.79 Å². The fraction of sp³-hybridized carbons (Fsp3) is 0.125. The summed E-state index contributed by atoms with van der Waals surface area (Å²) in [6.07, 6.45) is 0. The summed E-state index contributed by atoms with van der Waals surface area (Å²) in [6.45, 7) is 1.14. The summed E-state index contributed by atoms with van der Waals surface area (Å²) in [5, 5.41) is 8.50. The van der Waals surface area contributed by atoms with Gasteiger partial charge >= 0.3 is 11.9 Å². The Morgan fingerprint density at radius 1 is 1.43 bits per heavy atom. The SMILES string of the molecule is CC(=O)Oc1ccc(C(=O)O)[nH]c1=O. The number of aromatic amines is 1. The monoisotopic (exact) mass is 197 g/mol. The molecule has 1 aromatic rings. The third-order valence-corrected chi connectivity index (χ3v) is 1.36. The zero-order chi connectivity index (χ0) is 10.7. The van der Waals surface area contributed by atoms with Crippen molar-refractivity contribution in [3.63, 3.8) is 0 Å². The van der Waals surface area contributed by atoms with Crippen LogP contribution in [0.25, 0.3) is 0 Å². The van der Waals surface area contributed by atoms with Crippen LogP contribution in [0.4, 0.5) is 0 Å². The molecule has 14 heavy (non-hydrogen) atoms. The molecular formula is C8H7NO5. The summed E-state index contributed by atoms with van der Waals surface area (Å²) in [6, 6.07) is 2.27. The number of carboxylic acid groups (broad SMARTS) is 1. The van der Waals surface area contributed by atoms with Crippen LogP contribution in [-0.2, 0) is 4.79 Å². The van der Waals surface area contributed by atoms with E-state index in [1.165, 1.54) is 0 Å². The summed E-state index contributed by atoms with van der Waals surface area (Å²) >= 11 is 0. The third-order valence-electron chi connectivity index (χ3n) is 1.36. The number of carbonyl (C=O) groups excluding carboxylic acids is 1. The predicted octanol–water partition coefficient (Wildman–Crippen LogP) is -0.00160. The number of ether oxygens (including phenoxy) is 1. The molecule has 0 saturated carbocycles. The Hall–Kier alpha value is -2.11. The number of aromatic nitrogens is 1. The topological polar surface area (TPSA) is 96.5 Å². The Morgan fingerprint density at radius 2 is 2.07 bits per heavy atom. The Morgan fingerprint density at radius 3 is 2.50 bits per heavy atom. The number of H-pyrrole nitrogens is 1. The first-order chi connectivity index (χ1) is 6.50. The molecule has 0 saturated heterocycles. The normalized spacial score (nSPS) is 9.50. The van der Waals surface area contributed by atoms with Gasteiger partial charge in [0, 0.05) is 6.92 Å². The lowest BCUT2D eigenvalue weighted by Crippen LogP contribution is -2.17. The average molecular weight is 197 g/mol. The van der Waals surface area contributed by atoms with Crippen LogP contribution in [0.3, 0.4) is 0 Å². The molecule has 0 bridgehead atoms. The number of nitrogens with one attached hydrogen (secondary N) is 1. The van der Waals surface area contributed by atoms with Gasteiger partial charge < -0.3 is 14.8 Å². The zero-order valence-corrected chi connectivity index (χ0v) is 7.23. The van der Waals surface area contributed by atoms with Crippen molar-refractivity contribution in [2.75, 3.05) is 0 Å². The van der Waals surface area contributed by atoms with Crippen molar-refractivity contribution >= 4 is 11.9 Å². The van der Waals surface area contributed by atoms with Gasteiger partial charge in [0.2, 0.25) is 0 Å². The zero-order valence-electron chi connectivity index (χ0n) is 7.23. The molecular weight excluding hydrogens is 190 g/mol. The van der Waals surface area contributed by atoms with E-state index in [1.54, 1.807) is 0 Å². The molecule has 0 unspecified atom stereocenters. The van der Waals surface area contributed by atoms with Crippen molar-refractivity contribution in [1.82, 2.24) is 4.98 Å². The van der Waals surface area contributed by atoms with Crippen molar-refractivity contribution in [2.24, 2.45) is 0 Å². The molecule has 0 radical (unpaired) electrons. The standard InChI is InChI=1S/C8H7NO5/c1-4(10)14-6-3-2-5(8(12)13)9-7(6)11/h2-3H,1H3,(H,9,11)(H,12,13). The van der Waals surface area contributed by atoms with E-state index in [0.29, 0.717) is 0 Å². The first-order valence-electron chi connectivity index (χ1n) is 3.65. The minimum Gasteiger partial charge on any atom is -0.477 e. The van der Waals surface area contributed by atoms with Crippen LogP contribution in [0, 0.1) is 0 Å². The molecule has 1 rings (SSSR count). The summed E-state index contributed by atoms with van der Waals surface area (Å²) in [4.78, 5) is 34.0. The number of pyridine rings is 1. The number of aromatic carboxylic acids is 1. The van der Waals surface area contributed by atoms with Gasteiger partial charge in [-0.1, -0.05) is 0 Å². The largest absolute Gasteiger partial charge is 0.477 e. The lowest BCUT2D eigenvalue weighted by molar-refractivity contribution is -0.131. The van der Waals surface area contributed by atoms with Crippen molar-refractivity contribution in [3.05, 3.63) is 28.2 Å². The highest BCUT2D eigenvalue weighted by molar-refractivity contribution is 5.85. The lowest BCUT2D eigenvalue weighted by Gasteiger charge is -1.99. The molecule has 0 aromatic carbocycles. The Balaban J connectivity index is 3.08. The van der Waals surface area contributed by atoms with Crippen molar-refractivity contribution in [3.8, 4) is 5.75 Å². The molecule has 1 aromatic heterocycles. The van der Waals surface area contributed by atoms with Crippen LogP contribution in [0.2, 0.25) is 0 Å². The summed E-state index contributed by atoms with van der Waals surface area (Å²) < 4.78 is 4.50. The molecule has 0 fully saturated rings. The Labute approximate surface area is 78.1 Å². The van der Waals surface area contributed by atoms with E-state index in [0.717, 1.165) is 19.1 Å². The van der Waals surface area contributed by atoms with E-state index in [1.807, 2.05) is 4.98 Å². The fourth-order valence-corrected chi connectivity index (χ4v) is 0.820. The molecule has 6 nitrogen and oxygen atoms in total. The maximum absolute atomic E-state index is 11.1. The summed E-state index contributed by atoms with van der Waals surface area (Å²) in [5.41, 5.74) is -1.01. The smallest absolute Gasteiger partial charge is 0.352 e. The number of rotatable bonds is 2. The van der Waals surface area contributed by atoms with Crippen molar-refractivity contribution in [2.45, 2.75) is 6.92 Å². The average Bonchev–Trinajstić information content (AvgIpc) is 2.07. The van der Waals surface area contributed by atoms with E-state index in [-0.39, 0.29) is 11.4 Å². The van der Waals surface area contributed by atoms with Crippen LogP contribution in [0.15, 0.2) is 16.9 Å². The highest BCUT2D eigenvalue weighted by Gasteiger charge is 2.08. The summed E-state index contributed by atoms with van der Waals surface area (Å²) in [5.74, 6) is -2.11. The molecule has 74 valence electrons. The van der Waals surface area contributed by atoms with Crippen LogP contribution in [-0.4, -0.2) is 22.0 Å². The van der Waals surface area contributed by atoms with Gasteiger partial charge in [0.1, 0.15) is 5.69 Å². The highest BCUT2D eigenvalue weighted by Crippen LogP contribution is 2.03. The van der Waals surface area contributed by atoms with Gasteiger partial charge in [0.15, 0.2) is 5.75 Å². The Kier molecular flexibility index (Phi) is 2.66. The molecule has 6 heteroatoms. The number of carbonyl (C=O) groups is 2. The molecule has 2 N–H and O–H groups in total. The number of hydrogen-bond acceptors (Lipinski definition) is 4. The van der Waals surface area contributed by atoms with Crippen molar-refractivity contribution < 1.29 is 19.4 Å². The van der Waals surface area contributed by atoms with Gasteiger partial charge in [-0.2, -0.15) is 0 Å². The predicted molar refractivity (Wildman–Crippen MR) is 45.3 cm³/mol. The van der Waals surface area contributed by atoms with E-state index in [9.17, 15) is 14.4 Å². The third kappa shape index (κ3) is 2.19. The second-order valence-electron chi connectivity index (χ2n) is 2.46. The minimum atomic E-state index is -1.25. The highest BCUT2D eigenvalue weighted by atomic mass is 16.5. The first kappa shape index (κ1) is 9.97. The van der Waals surface area contributed by atoms with Gasteiger partial charge in [0.25, 0.3) is 5.56 Å². The van der Waals surface area contributed by atoms with E-state index < -0.39 is 17.5 Å². The molecule has 0 atom stereocenters. The van der Waals surface area contributed by atoms with Gasteiger partial charge in [-0.05, 0) is 12.1 Å². The number of carboxylic acids is 1. The fourth-order valence-electron chi connectivity index (χ4n) is 0.820. The minimum absolute atomic E-state index is 0.220. The molecule has 0 aliphatic carbocycles. The maximum Gasteiger partial charge on any atom is 0.352 e. The molecule has 0 aliphatic rings. The van der Waals surface area contributed by atoms with Crippen LogP contribution in [0.1, 0.15) is 17.4 Å². The van der Waals surface area contributed by atoms with Gasteiger partial charge in [-0.15, -0.1) is 0 Å². The summed E-state index contributed by atoms with van der Waals surface area (Å²) in [7, 11) is 0. The Bertz CT molecular complexity index is 434. The number of esters is 1. The molecule has 0 spiro atoms. The van der Waals surface area contributed by atoms with Crippen LogP contribution < -0.4 is 10.3 Å².